The van der Waals surface area contributed by atoms with E-state index in [-0.39, 0.29) is 30.3 Å². The van der Waals surface area contributed by atoms with Crippen LogP contribution in [0.3, 0.4) is 0 Å². The molecule has 0 radical (unpaired) electrons. The van der Waals surface area contributed by atoms with Gasteiger partial charge in [-0.1, -0.05) is 58.2 Å². The maximum atomic E-state index is 13.4. The first-order valence-corrected chi connectivity index (χ1v) is 18.5. The van der Waals surface area contributed by atoms with Crippen molar-refractivity contribution in [1.29, 1.82) is 0 Å². The molecule has 0 aliphatic carbocycles. The monoisotopic (exact) mass is 740 g/mol. The van der Waals surface area contributed by atoms with Crippen LogP contribution in [0.5, 0.6) is 0 Å². The van der Waals surface area contributed by atoms with E-state index in [1.54, 1.807) is 11.1 Å². The number of nitrogens with zero attached hydrogens (tertiary/aromatic N) is 3. The van der Waals surface area contributed by atoms with Crippen LogP contribution in [0, 0.1) is 17.8 Å². The summed E-state index contributed by atoms with van der Waals surface area (Å²) in [5.74, 6) is 7.38. The second-order valence-electron chi connectivity index (χ2n) is 13.3. The van der Waals surface area contributed by atoms with E-state index < -0.39 is 18.2 Å². The molecule has 1 saturated heterocycles. The highest BCUT2D eigenvalue weighted by Crippen LogP contribution is 2.31. The van der Waals surface area contributed by atoms with Crippen LogP contribution < -0.4 is 16.0 Å². The summed E-state index contributed by atoms with van der Waals surface area (Å²) in [6, 6.07) is 13.2. The summed E-state index contributed by atoms with van der Waals surface area (Å²) in [5.41, 5.74) is 5.44. The molecule has 0 spiro atoms. The van der Waals surface area contributed by atoms with Gasteiger partial charge >= 0.3 is 12.2 Å². The van der Waals surface area contributed by atoms with Crippen LogP contribution in [0.4, 0.5) is 9.59 Å². The number of H-pyrrole nitrogens is 2. The molecule has 0 bridgehead atoms. The maximum absolute atomic E-state index is 13.4. The molecule has 5 N–H and O–H groups in total. The van der Waals surface area contributed by atoms with Gasteiger partial charge in [0.1, 0.15) is 23.4 Å². The second kappa shape index (κ2) is 20.4. The topological polar surface area (TPSA) is 183 Å². The van der Waals surface area contributed by atoms with Crippen LogP contribution in [0.15, 0.2) is 48.7 Å². The number of nitrogens with one attached hydrogen (secondary N) is 5. The molecule has 5 rings (SSSR count). The number of likely N-dealkylation sites (tertiary alicyclic amines) is 1. The highest BCUT2D eigenvalue weighted by atomic mass is 16.5. The first-order valence-electron chi connectivity index (χ1n) is 18.5. The number of methoxy groups -OCH3 is 2. The van der Waals surface area contributed by atoms with E-state index in [9.17, 15) is 19.2 Å². The molecule has 14 heteroatoms. The lowest BCUT2D eigenvalue weighted by atomic mass is 10.0. The standard InChI is InChI=1S/C37H44N8O6.C3H8/c1-23(2)33(44-37(49)51-4)35(47)45-19-7-8-30(45)34-39-21-27(41-34)16-12-24-10-13-25(14-11-24)26-15-17-28-29(20-26)43-31(42-28)9-5-6-18-38-32(46)22-40-36(48)50-3;1-3-2/h10-11,13-15,17,20-21,23,30,33H,5-9,18-19,22H2,1-4H3,(H,38,46)(H,39,41)(H,40,48)(H,42,43)(H,44,49);3H2,1-2H3. The Kier molecular flexibility index (Phi) is 15.5. The zero-order chi connectivity index (χ0) is 39.0. The number of aryl methyl sites for hydroxylation is 1. The number of carbonyl (C=O) groups is 4. The fourth-order valence-corrected chi connectivity index (χ4v) is 5.94. The van der Waals surface area contributed by atoms with Crippen LogP contribution in [-0.4, -0.2) is 88.7 Å². The van der Waals surface area contributed by atoms with Crippen LogP contribution in [-0.2, 0) is 25.5 Å². The van der Waals surface area contributed by atoms with Gasteiger partial charge in [0.25, 0.3) is 0 Å². The predicted octanol–water partition coefficient (Wildman–Crippen LogP) is 5.61. The maximum Gasteiger partial charge on any atom is 0.407 e. The van der Waals surface area contributed by atoms with Crippen LogP contribution >= 0.6 is 0 Å². The Morgan fingerprint density at radius 1 is 0.944 bits per heavy atom. The Bertz CT molecular complexity index is 1920. The molecule has 2 unspecified atom stereocenters. The minimum Gasteiger partial charge on any atom is -0.453 e. The Morgan fingerprint density at radius 2 is 1.67 bits per heavy atom. The molecule has 2 atom stereocenters. The fourth-order valence-electron chi connectivity index (χ4n) is 5.94. The van der Waals surface area contributed by atoms with Gasteiger partial charge in [0.15, 0.2) is 0 Å². The number of ether oxygens (including phenoxy) is 2. The van der Waals surface area contributed by atoms with Gasteiger partial charge in [-0.2, -0.15) is 0 Å². The van der Waals surface area contributed by atoms with Gasteiger partial charge < -0.3 is 40.3 Å². The van der Waals surface area contributed by atoms with E-state index in [1.807, 2.05) is 50.2 Å². The smallest absolute Gasteiger partial charge is 0.407 e. The van der Waals surface area contributed by atoms with Gasteiger partial charge in [-0.15, -0.1) is 0 Å². The summed E-state index contributed by atoms with van der Waals surface area (Å²) in [6.45, 7) is 9.00. The largest absolute Gasteiger partial charge is 0.453 e. The first kappa shape index (κ1) is 40.9. The molecule has 4 aromatic rings. The van der Waals surface area contributed by atoms with Crippen molar-refractivity contribution in [2.24, 2.45) is 5.92 Å². The number of hydrogen-bond donors (Lipinski definition) is 5. The molecule has 54 heavy (non-hydrogen) atoms. The van der Waals surface area contributed by atoms with E-state index in [2.05, 4.69) is 67.4 Å². The summed E-state index contributed by atoms with van der Waals surface area (Å²) in [4.78, 5) is 65.8. The first-order chi connectivity index (χ1) is 26.1. The highest BCUT2D eigenvalue weighted by Gasteiger charge is 2.37. The lowest BCUT2D eigenvalue weighted by Crippen LogP contribution is -2.51. The Hall–Kier alpha value is -5.84. The molecule has 1 aliphatic rings. The minimum absolute atomic E-state index is 0.107. The zero-order valence-electron chi connectivity index (χ0n) is 32.0. The number of imidazole rings is 2. The number of benzene rings is 2. The normalized spacial score (nSPS) is 14.0. The van der Waals surface area contributed by atoms with Crippen LogP contribution in [0.2, 0.25) is 0 Å². The third kappa shape index (κ3) is 11.6. The zero-order valence-corrected chi connectivity index (χ0v) is 32.0. The third-order valence-electron chi connectivity index (χ3n) is 8.67. The number of aromatic nitrogens is 4. The molecular formula is C40H52N8O6. The Morgan fingerprint density at radius 3 is 2.37 bits per heavy atom. The highest BCUT2D eigenvalue weighted by molar-refractivity contribution is 5.86. The quantitative estimate of drug-likeness (QED) is 0.0918. The molecule has 2 aromatic heterocycles. The molecule has 3 heterocycles. The molecule has 1 aliphatic heterocycles. The average molecular weight is 741 g/mol. The van der Waals surface area contributed by atoms with Gasteiger partial charge in [0.2, 0.25) is 11.8 Å². The van der Waals surface area contributed by atoms with Crippen molar-refractivity contribution >= 4 is 35.0 Å². The van der Waals surface area contributed by atoms with Crippen molar-refractivity contribution in [3.63, 3.8) is 0 Å². The molecule has 2 aromatic carbocycles. The Balaban J connectivity index is 0.00000209. The molecular weight excluding hydrogens is 688 g/mol. The van der Waals surface area contributed by atoms with Crippen molar-refractivity contribution < 1.29 is 28.7 Å². The van der Waals surface area contributed by atoms with Gasteiger partial charge in [-0.05, 0) is 72.9 Å². The van der Waals surface area contributed by atoms with Gasteiger partial charge in [-0.25, -0.2) is 19.6 Å². The van der Waals surface area contributed by atoms with Gasteiger partial charge in [-0.3, -0.25) is 9.59 Å². The minimum atomic E-state index is -0.691. The molecule has 1 fully saturated rings. The number of amides is 4. The van der Waals surface area contributed by atoms with Crippen molar-refractivity contribution in [1.82, 2.24) is 40.8 Å². The number of fused-ring (bicyclic) bond motifs is 1. The molecule has 288 valence electrons. The summed E-state index contributed by atoms with van der Waals surface area (Å²) in [5, 5.41) is 7.79. The predicted molar refractivity (Wildman–Crippen MR) is 206 cm³/mol. The lowest BCUT2D eigenvalue weighted by Gasteiger charge is -2.29. The Labute approximate surface area is 316 Å². The summed E-state index contributed by atoms with van der Waals surface area (Å²) in [7, 11) is 2.53. The van der Waals surface area contributed by atoms with Crippen LogP contribution in [0.1, 0.15) is 88.7 Å². The van der Waals surface area contributed by atoms with E-state index in [0.717, 1.165) is 65.7 Å². The lowest BCUT2D eigenvalue weighted by molar-refractivity contribution is -0.135. The van der Waals surface area contributed by atoms with Crippen molar-refractivity contribution in [2.75, 3.05) is 33.9 Å². The molecule has 14 nitrogen and oxygen atoms in total. The van der Waals surface area contributed by atoms with Crippen molar-refractivity contribution in [3.05, 3.63) is 71.6 Å². The number of aromatic amines is 2. The van der Waals surface area contributed by atoms with Gasteiger partial charge in [0.05, 0.1) is 44.0 Å². The second-order valence-corrected chi connectivity index (χ2v) is 13.3. The summed E-state index contributed by atoms with van der Waals surface area (Å²) in [6.07, 6.45) is 5.63. The number of hydrogen-bond acceptors (Lipinski definition) is 8. The van der Waals surface area contributed by atoms with E-state index in [0.29, 0.717) is 24.6 Å². The third-order valence-corrected chi connectivity index (χ3v) is 8.67. The molecule has 4 amide bonds. The SMILES string of the molecule is CCC.COC(=O)NCC(=O)NCCCCc1nc2ccc(-c3ccc(C#Cc4cnc(C5CCCN5C(=O)C(NC(=O)OC)C(C)C)[nH]4)cc3)cc2[nH]1. The van der Waals surface area contributed by atoms with Gasteiger partial charge in [0, 0.05) is 25.1 Å². The van der Waals surface area contributed by atoms with Crippen molar-refractivity contribution in [2.45, 2.75) is 78.3 Å². The number of unbranched alkanes of at least 4 members (excludes halogenated alkanes) is 1. The summed E-state index contributed by atoms with van der Waals surface area (Å²) < 4.78 is 9.17. The fraction of sp³-hybridized carbons (Fsp3) is 0.450. The molecule has 0 saturated carbocycles. The number of alkyl carbamates (subject to hydrolysis) is 2. The summed E-state index contributed by atoms with van der Waals surface area (Å²) >= 11 is 0. The average Bonchev–Trinajstić information content (AvgIpc) is 3.94. The number of carbonyl (C=O) groups excluding carboxylic acids is 4. The van der Waals surface area contributed by atoms with E-state index in [1.165, 1.54) is 20.6 Å². The number of rotatable bonds is 12. The van der Waals surface area contributed by atoms with Crippen LogP contribution in [0.25, 0.3) is 22.2 Å². The van der Waals surface area contributed by atoms with E-state index in [4.69, 9.17) is 9.72 Å². The van der Waals surface area contributed by atoms with E-state index >= 15 is 0 Å². The van der Waals surface area contributed by atoms with Crippen molar-refractivity contribution in [3.8, 4) is 23.0 Å².